The highest BCUT2D eigenvalue weighted by molar-refractivity contribution is 9.10. The minimum atomic E-state index is -3.79. The molecule has 0 aliphatic rings. The van der Waals surface area contributed by atoms with Gasteiger partial charge in [0.15, 0.2) is 0 Å². The molecule has 0 spiro atoms. The van der Waals surface area contributed by atoms with Crippen LogP contribution in [0, 0.1) is 5.82 Å². The summed E-state index contributed by atoms with van der Waals surface area (Å²) in [5.74, 6) is -1.35. The second-order valence-electron chi connectivity index (χ2n) is 5.50. The normalized spacial score (nSPS) is 11.6. The van der Waals surface area contributed by atoms with Gasteiger partial charge < -0.3 is 5.32 Å². The molecular formula is C16H15BrClFN2O3S. The van der Waals surface area contributed by atoms with E-state index >= 15 is 0 Å². The summed E-state index contributed by atoms with van der Waals surface area (Å²) < 4.78 is 41.3. The molecule has 0 atom stereocenters. The molecule has 0 fully saturated rings. The molecule has 0 bridgehead atoms. The van der Waals surface area contributed by atoms with E-state index < -0.39 is 21.7 Å². The third-order valence-corrected chi connectivity index (χ3v) is 5.54. The van der Waals surface area contributed by atoms with Crippen molar-refractivity contribution >= 4 is 49.1 Å². The van der Waals surface area contributed by atoms with Gasteiger partial charge in [-0.3, -0.25) is 4.79 Å². The summed E-state index contributed by atoms with van der Waals surface area (Å²) in [6.45, 7) is 3.36. The SMILES string of the molecule is CC(C)NS(=O)(=O)c1ccc(Cl)c(C(=O)Nc2ccc(Br)cc2F)c1. The van der Waals surface area contributed by atoms with Gasteiger partial charge in [-0.15, -0.1) is 0 Å². The number of sulfonamides is 1. The van der Waals surface area contributed by atoms with Crippen LogP contribution >= 0.6 is 27.5 Å². The molecule has 1 amide bonds. The smallest absolute Gasteiger partial charge is 0.257 e. The molecule has 2 aromatic rings. The Kier molecular flexibility index (Phi) is 6.21. The fraction of sp³-hybridized carbons (Fsp3) is 0.188. The Morgan fingerprint density at radius 1 is 1.20 bits per heavy atom. The average Bonchev–Trinajstić information content (AvgIpc) is 2.49. The van der Waals surface area contributed by atoms with Gasteiger partial charge in [-0.25, -0.2) is 17.5 Å². The minimum Gasteiger partial charge on any atom is -0.319 e. The summed E-state index contributed by atoms with van der Waals surface area (Å²) >= 11 is 9.12. The van der Waals surface area contributed by atoms with Gasteiger partial charge in [-0.1, -0.05) is 27.5 Å². The quantitative estimate of drug-likeness (QED) is 0.719. The number of carbonyl (C=O) groups is 1. The molecule has 134 valence electrons. The van der Waals surface area contributed by atoms with E-state index in [4.69, 9.17) is 11.6 Å². The molecule has 0 saturated carbocycles. The third kappa shape index (κ3) is 5.01. The van der Waals surface area contributed by atoms with Gasteiger partial charge >= 0.3 is 0 Å². The summed E-state index contributed by atoms with van der Waals surface area (Å²) in [5, 5.41) is 2.43. The van der Waals surface area contributed by atoms with Gasteiger partial charge in [-0.05, 0) is 50.2 Å². The van der Waals surface area contributed by atoms with E-state index in [1.54, 1.807) is 19.9 Å². The van der Waals surface area contributed by atoms with E-state index in [2.05, 4.69) is 26.0 Å². The van der Waals surface area contributed by atoms with Gasteiger partial charge in [0.25, 0.3) is 5.91 Å². The molecule has 2 aromatic carbocycles. The number of hydrogen-bond acceptors (Lipinski definition) is 3. The number of nitrogens with one attached hydrogen (secondary N) is 2. The lowest BCUT2D eigenvalue weighted by Gasteiger charge is -2.12. The summed E-state index contributed by atoms with van der Waals surface area (Å²) in [6.07, 6.45) is 0. The summed E-state index contributed by atoms with van der Waals surface area (Å²) in [7, 11) is -3.79. The van der Waals surface area contributed by atoms with Crippen LogP contribution < -0.4 is 10.0 Å². The van der Waals surface area contributed by atoms with Gasteiger partial charge in [0.2, 0.25) is 10.0 Å². The number of halogens is 3. The topological polar surface area (TPSA) is 75.3 Å². The number of amides is 1. The first-order valence-electron chi connectivity index (χ1n) is 7.18. The highest BCUT2D eigenvalue weighted by Crippen LogP contribution is 2.24. The van der Waals surface area contributed by atoms with Crippen LogP contribution in [0.4, 0.5) is 10.1 Å². The minimum absolute atomic E-state index is 0.0437. The Bertz CT molecular complexity index is 920. The number of carbonyl (C=O) groups excluding carboxylic acids is 1. The first-order valence-corrected chi connectivity index (χ1v) is 9.84. The van der Waals surface area contributed by atoms with Crippen LogP contribution in [0.3, 0.4) is 0 Å². The van der Waals surface area contributed by atoms with E-state index in [-0.39, 0.29) is 27.2 Å². The molecule has 2 N–H and O–H groups in total. The van der Waals surface area contributed by atoms with Crippen LogP contribution in [0.5, 0.6) is 0 Å². The summed E-state index contributed by atoms with van der Waals surface area (Å²) in [5.41, 5.74) is -0.117. The fourth-order valence-corrected chi connectivity index (χ4v) is 3.82. The maximum Gasteiger partial charge on any atom is 0.257 e. The molecule has 0 aromatic heterocycles. The lowest BCUT2D eigenvalue weighted by atomic mass is 10.2. The zero-order valence-electron chi connectivity index (χ0n) is 13.3. The fourth-order valence-electron chi connectivity index (χ4n) is 2.00. The van der Waals surface area contributed by atoms with Crippen molar-refractivity contribution in [3.05, 3.63) is 57.3 Å². The van der Waals surface area contributed by atoms with Crippen molar-refractivity contribution in [3.8, 4) is 0 Å². The number of hydrogen-bond donors (Lipinski definition) is 2. The molecule has 0 saturated heterocycles. The molecule has 0 aliphatic heterocycles. The Morgan fingerprint density at radius 3 is 2.48 bits per heavy atom. The van der Waals surface area contributed by atoms with Crippen LogP contribution in [0.1, 0.15) is 24.2 Å². The standard InChI is InChI=1S/C16H15BrClFN2O3S/c1-9(2)21-25(23,24)11-4-5-13(18)12(8-11)16(22)20-15-6-3-10(17)7-14(15)19/h3-9,21H,1-2H3,(H,20,22). The van der Waals surface area contributed by atoms with Crippen LogP contribution in [0.2, 0.25) is 5.02 Å². The predicted octanol–water partition coefficient (Wildman–Crippen LogP) is 4.18. The Morgan fingerprint density at radius 2 is 1.88 bits per heavy atom. The molecule has 9 heteroatoms. The van der Waals surface area contributed by atoms with Crippen LogP contribution in [-0.2, 0) is 10.0 Å². The van der Waals surface area contributed by atoms with Crippen molar-refractivity contribution in [3.63, 3.8) is 0 Å². The van der Waals surface area contributed by atoms with E-state index in [0.717, 1.165) is 6.07 Å². The van der Waals surface area contributed by atoms with Gasteiger partial charge in [0.1, 0.15) is 5.82 Å². The molecule has 0 heterocycles. The molecule has 5 nitrogen and oxygen atoms in total. The maximum atomic E-state index is 13.9. The zero-order valence-corrected chi connectivity index (χ0v) is 16.5. The zero-order chi connectivity index (χ0) is 18.8. The van der Waals surface area contributed by atoms with Crippen LogP contribution in [-0.4, -0.2) is 20.4 Å². The van der Waals surface area contributed by atoms with Crippen molar-refractivity contribution in [2.45, 2.75) is 24.8 Å². The third-order valence-electron chi connectivity index (χ3n) is 3.06. The number of benzene rings is 2. The van der Waals surface area contributed by atoms with Crippen molar-refractivity contribution in [1.82, 2.24) is 4.72 Å². The number of anilines is 1. The second kappa shape index (κ2) is 7.82. The maximum absolute atomic E-state index is 13.9. The van der Waals surface area contributed by atoms with Gasteiger partial charge in [0.05, 0.1) is 21.2 Å². The average molecular weight is 450 g/mol. The summed E-state index contributed by atoms with van der Waals surface area (Å²) in [6, 6.07) is 7.59. The highest BCUT2D eigenvalue weighted by atomic mass is 79.9. The molecule has 0 aliphatic carbocycles. The Hall–Kier alpha value is -1.48. The van der Waals surface area contributed by atoms with E-state index in [9.17, 15) is 17.6 Å². The Balaban J connectivity index is 2.35. The van der Waals surface area contributed by atoms with Crippen LogP contribution in [0.25, 0.3) is 0 Å². The summed E-state index contributed by atoms with van der Waals surface area (Å²) in [4.78, 5) is 12.3. The number of rotatable bonds is 5. The molecular weight excluding hydrogens is 435 g/mol. The van der Waals surface area contributed by atoms with Crippen molar-refractivity contribution in [1.29, 1.82) is 0 Å². The highest BCUT2D eigenvalue weighted by Gasteiger charge is 2.20. The molecule has 0 unspecified atom stereocenters. The van der Waals surface area contributed by atoms with Crippen LogP contribution in [0.15, 0.2) is 45.8 Å². The van der Waals surface area contributed by atoms with E-state index in [1.807, 2.05) is 0 Å². The monoisotopic (exact) mass is 448 g/mol. The lowest BCUT2D eigenvalue weighted by Crippen LogP contribution is -2.30. The molecule has 2 rings (SSSR count). The lowest BCUT2D eigenvalue weighted by molar-refractivity contribution is 0.102. The second-order valence-corrected chi connectivity index (χ2v) is 8.53. The largest absolute Gasteiger partial charge is 0.319 e. The Labute approximate surface area is 158 Å². The predicted molar refractivity (Wildman–Crippen MR) is 99.0 cm³/mol. The first-order chi connectivity index (χ1) is 11.6. The van der Waals surface area contributed by atoms with E-state index in [1.165, 1.54) is 24.3 Å². The molecule has 0 radical (unpaired) electrons. The first kappa shape index (κ1) is 19.8. The van der Waals surface area contributed by atoms with Crippen molar-refractivity contribution in [2.24, 2.45) is 0 Å². The van der Waals surface area contributed by atoms with E-state index in [0.29, 0.717) is 4.47 Å². The van der Waals surface area contributed by atoms with Gasteiger partial charge in [-0.2, -0.15) is 0 Å². The molecule has 25 heavy (non-hydrogen) atoms. The van der Waals surface area contributed by atoms with Gasteiger partial charge in [0, 0.05) is 10.5 Å². The van der Waals surface area contributed by atoms with Crippen molar-refractivity contribution < 1.29 is 17.6 Å². The van der Waals surface area contributed by atoms with Crippen molar-refractivity contribution in [2.75, 3.05) is 5.32 Å².